The Morgan fingerprint density at radius 3 is 1.88 bits per heavy atom. The molecule has 43 heavy (non-hydrogen) atoms. The number of alkyl carbamates (subject to hydrolysis) is 2. The molecule has 244 valence electrons. The van der Waals surface area contributed by atoms with E-state index in [1.165, 1.54) is 0 Å². The number of hydrogen-bond donors (Lipinski definition) is 4. The number of carbonyl (C=O) groups is 4. The molecule has 0 aliphatic carbocycles. The largest absolute Gasteiger partial charge is 0.545 e. The average molecular weight is 612 g/mol. The van der Waals surface area contributed by atoms with Crippen molar-refractivity contribution in [2.45, 2.75) is 59.3 Å². The van der Waals surface area contributed by atoms with Crippen molar-refractivity contribution < 1.29 is 53.2 Å². The maximum Gasteiger partial charge on any atom is 0.407 e. The summed E-state index contributed by atoms with van der Waals surface area (Å²) in [7, 11) is 1.64. The van der Waals surface area contributed by atoms with Crippen molar-refractivity contribution in [3.05, 3.63) is 35.9 Å². The van der Waals surface area contributed by atoms with Gasteiger partial charge in [-0.3, -0.25) is 0 Å². The number of hydrogen-bond acceptors (Lipinski definition) is 9. The number of methoxy groups -OCH3 is 1. The zero-order chi connectivity index (χ0) is 32.3. The lowest BCUT2D eigenvalue weighted by Gasteiger charge is -2.21. The minimum atomic E-state index is -1.51. The van der Waals surface area contributed by atoms with Gasteiger partial charge < -0.3 is 49.5 Å². The van der Waals surface area contributed by atoms with Crippen molar-refractivity contribution in [3.63, 3.8) is 0 Å². The molecule has 13 heteroatoms. The number of carboxylic acids is 2. The molecule has 13 nitrogen and oxygen atoms in total. The highest BCUT2D eigenvalue weighted by molar-refractivity contribution is 5.88. The monoisotopic (exact) mass is 611 g/mol. The van der Waals surface area contributed by atoms with Gasteiger partial charge in [0.1, 0.15) is 26.3 Å². The fourth-order valence-electron chi connectivity index (χ4n) is 3.53. The molecule has 1 aromatic carbocycles. The first-order chi connectivity index (χ1) is 20.7. The predicted molar refractivity (Wildman–Crippen MR) is 158 cm³/mol. The summed E-state index contributed by atoms with van der Waals surface area (Å²) in [5.74, 6) is -1.31. The molecule has 0 unspecified atom stereocenters. The van der Waals surface area contributed by atoms with Crippen molar-refractivity contribution in [3.8, 4) is 11.5 Å². The molecule has 4 N–H and O–H groups in total. The van der Waals surface area contributed by atoms with Gasteiger partial charge in [0.2, 0.25) is 0 Å². The van der Waals surface area contributed by atoms with Crippen molar-refractivity contribution in [1.82, 2.24) is 10.6 Å². The Morgan fingerprint density at radius 2 is 1.44 bits per heavy atom. The maximum absolute atomic E-state index is 11.9. The number of para-hydroxylation sites is 1. The Kier molecular flexibility index (Phi) is 23.3. The Labute approximate surface area is 254 Å². The Morgan fingerprint density at radius 1 is 0.860 bits per heavy atom. The number of ether oxygens (including phenoxy) is 4. The quantitative estimate of drug-likeness (QED) is 0.117. The van der Waals surface area contributed by atoms with Crippen molar-refractivity contribution in [1.29, 1.82) is 0 Å². The molecule has 0 spiro atoms. The van der Waals surface area contributed by atoms with Crippen LogP contribution in [0.2, 0.25) is 0 Å². The molecule has 0 fully saturated rings. The molecule has 0 saturated heterocycles. The van der Waals surface area contributed by atoms with E-state index in [0.29, 0.717) is 44.9 Å². The van der Waals surface area contributed by atoms with E-state index in [-0.39, 0.29) is 13.2 Å². The van der Waals surface area contributed by atoms with Crippen LogP contribution in [0.5, 0.6) is 11.5 Å². The van der Waals surface area contributed by atoms with Crippen molar-refractivity contribution in [2.24, 2.45) is 0 Å². The molecular formula is C30H49N3O10. The van der Waals surface area contributed by atoms with Gasteiger partial charge in [0, 0.05) is 31.1 Å². The van der Waals surface area contributed by atoms with Gasteiger partial charge in [-0.2, -0.15) is 0 Å². The number of unbranched alkanes of at least 4 members (excludes halogenated alkanes) is 2. The highest BCUT2D eigenvalue weighted by Crippen LogP contribution is 2.31. The lowest BCUT2D eigenvalue weighted by atomic mass is 10.1. The fraction of sp³-hybridized carbons (Fsp3) is 0.600. The van der Waals surface area contributed by atoms with Crippen LogP contribution in [-0.2, 0) is 25.5 Å². The zero-order valence-electron chi connectivity index (χ0n) is 25.9. The van der Waals surface area contributed by atoms with Crippen LogP contribution in [0.4, 0.5) is 9.59 Å². The molecule has 2 amide bonds. The van der Waals surface area contributed by atoms with Gasteiger partial charge in [0.25, 0.3) is 0 Å². The third-order valence-electron chi connectivity index (χ3n) is 5.82. The third-order valence-corrected chi connectivity index (χ3v) is 5.82. The van der Waals surface area contributed by atoms with Gasteiger partial charge in [-0.15, -0.1) is 0 Å². The summed E-state index contributed by atoms with van der Waals surface area (Å²) in [6, 6.07) is 5.90. The summed E-state index contributed by atoms with van der Waals surface area (Å²) in [6.07, 6.45) is 5.68. The van der Waals surface area contributed by atoms with E-state index in [0.717, 1.165) is 67.0 Å². The molecule has 0 bridgehead atoms. The van der Waals surface area contributed by atoms with E-state index in [1.54, 1.807) is 7.11 Å². The van der Waals surface area contributed by atoms with Crippen LogP contribution in [0.25, 0.3) is 0 Å². The van der Waals surface area contributed by atoms with Gasteiger partial charge >= 0.3 is 18.2 Å². The molecule has 1 rings (SSSR count). The van der Waals surface area contributed by atoms with Crippen LogP contribution in [0, 0.1) is 0 Å². The number of amides is 2. The summed E-state index contributed by atoms with van der Waals surface area (Å²) < 4.78 is 22.1. The number of aliphatic carboxylic acids is 2. The lowest BCUT2D eigenvalue weighted by molar-refractivity contribution is -0.900. The van der Waals surface area contributed by atoms with E-state index >= 15 is 0 Å². The molecule has 0 aliphatic rings. The molecule has 0 atom stereocenters. The van der Waals surface area contributed by atoms with Gasteiger partial charge in [-0.05, 0) is 31.4 Å². The number of nitrogens with one attached hydrogen (secondary N) is 3. The highest BCUT2D eigenvalue weighted by atomic mass is 16.6. The second-order valence-electron chi connectivity index (χ2n) is 9.37. The number of carbonyl (C=O) groups excluding carboxylic acids is 3. The molecular weight excluding hydrogens is 562 g/mol. The normalized spacial score (nSPS) is 10.4. The van der Waals surface area contributed by atoms with Gasteiger partial charge in [-0.1, -0.05) is 45.7 Å². The van der Waals surface area contributed by atoms with E-state index in [9.17, 15) is 24.3 Å². The Hall–Kier alpha value is -4.00. The minimum Gasteiger partial charge on any atom is -0.545 e. The van der Waals surface area contributed by atoms with Crippen LogP contribution in [0.1, 0.15) is 58.4 Å². The summed E-state index contributed by atoms with van der Waals surface area (Å²) in [6.45, 7) is 10.6. The van der Waals surface area contributed by atoms with Crippen LogP contribution >= 0.6 is 0 Å². The Balaban J connectivity index is 0.00000192. The SMILES string of the molecule is CCCCNC(=O)OCC[NH+](CCOC(=O)NCCCC)CCc1cccc(OC)c1OCCC.O=C([O-])/C=C\C(=O)O. The molecule has 1 aromatic rings. The number of carboxylic acid groups (broad SMARTS) is 2. The van der Waals surface area contributed by atoms with Gasteiger partial charge in [-0.25, -0.2) is 14.4 Å². The van der Waals surface area contributed by atoms with E-state index in [1.807, 2.05) is 18.2 Å². The topological polar surface area (TPSA) is 177 Å². The molecule has 0 aromatic heterocycles. The van der Waals surface area contributed by atoms with Gasteiger partial charge in [0.05, 0.1) is 26.2 Å². The lowest BCUT2D eigenvalue weighted by Crippen LogP contribution is -3.13. The smallest absolute Gasteiger partial charge is 0.407 e. The summed E-state index contributed by atoms with van der Waals surface area (Å²) in [5, 5.41) is 22.7. The second-order valence-corrected chi connectivity index (χ2v) is 9.37. The summed E-state index contributed by atoms with van der Waals surface area (Å²) >= 11 is 0. The first-order valence-corrected chi connectivity index (χ1v) is 14.7. The van der Waals surface area contributed by atoms with Crippen molar-refractivity contribution >= 4 is 24.1 Å². The maximum atomic E-state index is 11.9. The van der Waals surface area contributed by atoms with E-state index in [4.69, 9.17) is 24.1 Å². The van der Waals surface area contributed by atoms with Crippen LogP contribution < -0.4 is 30.1 Å². The highest BCUT2D eigenvalue weighted by Gasteiger charge is 2.16. The molecule has 0 saturated carbocycles. The van der Waals surface area contributed by atoms with Crippen LogP contribution in [-0.4, -0.2) is 88.9 Å². The number of benzene rings is 1. The number of rotatable bonds is 21. The van der Waals surface area contributed by atoms with E-state index in [2.05, 4.69) is 31.4 Å². The summed E-state index contributed by atoms with van der Waals surface area (Å²) in [4.78, 5) is 43.9. The standard InChI is InChI=1S/C26H45N3O6.C4H4O4/c1-5-8-14-27-25(30)34-20-17-29(18-21-35-26(31)28-15-9-6-2)16-13-22-11-10-12-23(32-4)24(22)33-19-7-3;5-3(6)1-2-4(7)8/h10-12H,5-9,13-21H2,1-4H3,(H,27,30)(H,28,31);1-2H,(H,5,6)(H,7,8)/b;2-1-. The molecule has 0 heterocycles. The number of quaternary nitrogens is 1. The second kappa shape index (κ2) is 25.7. The minimum absolute atomic E-state index is 0.285. The van der Waals surface area contributed by atoms with Crippen molar-refractivity contribution in [2.75, 3.05) is 59.7 Å². The Bertz CT molecular complexity index is 928. The fourth-order valence-corrected chi connectivity index (χ4v) is 3.53. The third kappa shape index (κ3) is 21.4. The average Bonchev–Trinajstić information content (AvgIpc) is 2.98. The zero-order valence-corrected chi connectivity index (χ0v) is 25.9. The van der Waals surface area contributed by atoms with Crippen LogP contribution in [0.3, 0.4) is 0 Å². The first-order valence-electron chi connectivity index (χ1n) is 14.7. The molecule has 0 radical (unpaired) electrons. The molecule has 0 aliphatic heterocycles. The van der Waals surface area contributed by atoms with Crippen LogP contribution in [0.15, 0.2) is 30.4 Å². The first kappa shape index (κ1) is 39.0. The predicted octanol–water partition coefficient (Wildman–Crippen LogP) is 1.34. The van der Waals surface area contributed by atoms with Gasteiger partial charge in [0.15, 0.2) is 11.5 Å². The summed E-state index contributed by atoms with van der Waals surface area (Å²) in [5.41, 5.74) is 1.06. The van der Waals surface area contributed by atoms with E-state index < -0.39 is 24.1 Å².